The zero-order valence-corrected chi connectivity index (χ0v) is 19.5. The molecule has 3 aliphatic rings. The summed E-state index contributed by atoms with van der Waals surface area (Å²) in [6.07, 6.45) is 9.49. The van der Waals surface area contributed by atoms with Crippen LogP contribution in [0.2, 0.25) is 0 Å². The number of hydrogen-bond acceptors (Lipinski definition) is 7. The topological polar surface area (TPSA) is 64.5 Å². The molecule has 6 nitrogen and oxygen atoms in total. The standard InChI is InChI=1S/C24H33N3O3S/c1-15(16(2)28)13-17-3-8-20-21(17)22-23(25-14-26-24(22)31-20)30-19-6-4-18(5-7-19)27-9-11-29-12-10-27/h14-15,17-19H,3-13H2,1-2H3/t15-,17-,18?,19?/m1/s1. The van der Waals surface area contributed by atoms with Gasteiger partial charge >= 0.3 is 0 Å². The number of rotatable bonds is 6. The number of aromatic nitrogens is 2. The number of aryl methyl sites for hydroxylation is 1. The van der Waals surface area contributed by atoms with Gasteiger partial charge in [0.2, 0.25) is 5.88 Å². The quantitative estimate of drug-likeness (QED) is 0.661. The lowest BCUT2D eigenvalue weighted by Crippen LogP contribution is -2.46. The Bertz CT molecular complexity index is 932. The number of ketones is 1. The molecule has 31 heavy (non-hydrogen) atoms. The average molecular weight is 444 g/mol. The molecule has 1 saturated carbocycles. The monoisotopic (exact) mass is 443 g/mol. The molecule has 168 valence electrons. The fraction of sp³-hybridized carbons (Fsp3) is 0.708. The summed E-state index contributed by atoms with van der Waals surface area (Å²) in [5.41, 5.74) is 1.37. The van der Waals surface area contributed by atoms with Gasteiger partial charge in [0.25, 0.3) is 0 Å². The smallest absolute Gasteiger partial charge is 0.225 e. The van der Waals surface area contributed by atoms with Crippen LogP contribution in [0.1, 0.15) is 68.7 Å². The van der Waals surface area contributed by atoms with Gasteiger partial charge in [0.05, 0.1) is 18.6 Å². The second-order valence-electron chi connectivity index (χ2n) is 9.48. The summed E-state index contributed by atoms with van der Waals surface area (Å²) < 4.78 is 12.0. The van der Waals surface area contributed by atoms with Crippen LogP contribution in [0.25, 0.3) is 10.2 Å². The molecule has 2 fully saturated rings. The second-order valence-corrected chi connectivity index (χ2v) is 10.6. The van der Waals surface area contributed by atoms with E-state index in [9.17, 15) is 4.79 Å². The summed E-state index contributed by atoms with van der Waals surface area (Å²) in [7, 11) is 0. The molecule has 2 aromatic rings. The maximum absolute atomic E-state index is 11.9. The number of ether oxygens (including phenoxy) is 2. The molecular weight excluding hydrogens is 410 g/mol. The lowest BCUT2D eigenvalue weighted by Gasteiger charge is -2.38. The molecule has 2 aliphatic carbocycles. The number of nitrogens with zero attached hydrogens (tertiary/aromatic N) is 3. The van der Waals surface area contributed by atoms with Gasteiger partial charge in [-0.25, -0.2) is 9.97 Å². The molecule has 0 spiro atoms. The number of morpholine rings is 1. The lowest BCUT2D eigenvalue weighted by molar-refractivity contribution is -0.120. The molecule has 0 bridgehead atoms. The summed E-state index contributed by atoms with van der Waals surface area (Å²) in [5.74, 6) is 1.54. The summed E-state index contributed by atoms with van der Waals surface area (Å²) >= 11 is 1.79. The summed E-state index contributed by atoms with van der Waals surface area (Å²) in [5, 5.41) is 1.12. The number of carbonyl (C=O) groups excluding carboxylic acids is 1. The molecule has 7 heteroatoms. The van der Waals surface area contributed by atoms with Crippen molar-refractivity contribution in [2.75, 3.05) is 26.3 Å². The molecule has 2 aromatic heterocycles. The Morgan fingerprint density at radius 2 is 2.00 bits per heavy atom. The first-order valence-electron chi connectivity index (χ1n) is 11.8. The highest BCUT2D eigenvalue weighted by Gasteiger charge is 2.33. The Labute approximate surface area is 188 Å². The van der Waals surface area contributed by atoms with E-state index in [4.69, 9.17) is 9.47 Å². The first-order valence-corrected chi connectivity index (χ1v) is 12.7. The van der Waals surface area contributed by atoms with Gasteiger partial charge in [-0.15, -0.1) is 11.3 Å². The van der Waals surface area contributed by atoms with Crippen LogP contribution in [0.3, 0.4) is 0 Å². The van der Waals surface area contributed by atoms with Crippen LogP contribution in [-0.4, -0.2) is 59.1 Å². The summed E-state index contributed by atoms with van der Waals surface area (Å²) in [6.45, 7) is 7.60. The largest absolute Gasteiger partial charge is 0.474 e. The third-order valence-electron chi connectivity index (χ3n) is 7.51. The molecule has 0 radical (unpaired) electrons. The van der Waals surface area contributed by atoms with Crippen molar-refractivity contribution in [1.29, 1.82) is 0 Å². The van der Waals surface area contributed by atoms with Crippen LogP contribution in [0.15, 0.2) is 6.33 Å². The molecule has 1 aliphatic heterocycles. The van der Waals surface area contributed by atoms with Crippen molar-refractivity contribution >= 4 is 27.3 Å². The zero-order chi connectivity index (χ0) is 21.4. The van der Waals surface area contributed by atoms with Crippen LogP contribution >= 0.6 is 11.3 Å². The molecule has 0 N–H and O–H groups in total. The van der Waals surface area contributed by atoms with Gasteiger partial charge in [-0.1, -0.05) is 6.92 Å². The fourth-order valence-corrected chi connectivity index (χ4v) is 6.82. The molecule has 1 saturated heterocycles. The van der Waals surface area contributed by atoms with Crippen molar-refractivity contribution < 1.29 is 14.3 Å². The summed E-state index contributed by atoms with van der Waals surface area (Å²) in [4.78, 5) is 26.1. The highest BCUT2D eigenvalue weighted by molar-refractivity contribution is 7.19. The van der Waals surface area contributed by atoms with Crippen molar-refractivity contribution in [1.82, 2.24) is 14.9 Å². The van der Waals surface area contributed by atoms with Crippen molar-refractivity contribution in [3.63, 3.8) is 0 Å². The minimum absolute atomic E-state index is 0.0929. The Morgan fingerprint density at radius 3 is 2.74 bits per heavy atom. The van der Waals surface area contributed by atoms with Gasteiger partial charge in [0.15, 0.2) is 0 Å². The number of fused-ring (bicyclic) bond motifs is 3. The van der Waals surface area contributed by atoms with Crippen molar-refractivity contribution in [3.05, 3.63) is 16.8 Å². The molecule has 5 rings (SSSR count). The zero-order valence-electron chi connectivity index (χ0n) is 18.6. The van der Waals surface area contributed by atoms with Gasteiger partial charge in [-0.2, -0.15) is 0 Å². The van der Waals surface area contributed by atoms with E-state index in [2.05, 4.69) is 21.8 Å². The number of thiophene rings is 1. The predicted octanol–water partition coefficient (Wildman–Crippen LogP) is 4.36. The Balaban J connectivity index is 1.31. The first kappa shape index (κ1) is 21.3. The SMILES string of the molecule is CC(=O)[C@H](C)C[C@H]1CCc2sc3ncnc(OC4CCC(N5CCOCC5)CC4)c3c21. The van der Waals surface area contributed by atoms with E-state index in [0.717, 1.165) is 74.5 Å². The van der Waals surface area contributed by atoms with Gasteiger partial charge < -0.3 is 9.47 Å². The Hall–Kier alpha value is -1.57. The Morgan fingerprint density at radius 1 is 1.23 bits per heavy atom. The van der Waals surface area contributed by atoms with Gasteiger partial charge in [-0.05, 0) is 63.4 Å². The Kier molecular flexibility index (Phi) is 6.26. The molecule has 0 amide bonds. The third-order valence-corrected chi connectivity index (χ3v) is 8.68. The van der Waals surface area contributed by atoms with E-state index in [-0.39, 0.29) is 17.8 Å². The molecule has 0 aromatic carbocycles. The lowest BCUT2D eigenvalue weighted by atomic mass is 9.89. The van der Waals surface area contributed by atoms with Crippen LogP contribution in [-0.2, 0) is 16.0 Å². The predicted molar refractivity (Wildman–Crippen MR) is 122 cm³/mol. The minimum Gasteiger partial charge on any atom is -0.474 e. The van der Waals surface area contributed by atoms with Crippen molar-refractivity contribution in [2.45, 2.75) is 76.9 Å². The molecular formula is C24H33N3O3S. The second kappa shape index (κ2) is 9.12. The van der Waals surface area contributed by atoms with E-state index in [1.807, 2.05) is 0 Å². The highest BCUT2D eigenvalue weighted by Crippen LogP contribution is 2.48. The molecule has 2 atom stereocenters. The minimum atomic E-state index is 0.0929. The van der Waals surface area contributed by atoms with E-state index < -0.39 is 0 Å². The van der Waals surface area contributed by atoms with Gasteiger partial charge in [0.1, 0.15) is 23.0 Å². The fourth-order valence-electron chi connectivity index (χ4n) is 5.59. The number of hydrogen-bond donors (Lipinski definition) is 0. The van der Waals surface area contributed by atoms with Gasteiger partial charge in [-0.3, -0.25) is 9.69 Å². The normalized spacial score (nSPS) is 27.9. The molecule has 0 unspecified atom stereocenters. The number of Topliss-reactive ketones (excluding diaryl/α,β-unsaturated/α-hetero) is 1. The maximum atomic E-state index is 11.9. The van der Waals surface area contributed by atoms with E-state index >= 15 is 0 Å². The van der Waals surface area contributed by atoms with E-state index in [1.165, 1.54) is 23.3 Å². The maximum Gasteiger partial charge on any atom is 0.225 e. The number of carbonyl (C=O) groups is 1. The van der Waals surface area contributed by atoms with Crippen molar-refractivity contribution in [2.24, 2.45) is 5.92 Å². The first-order chi connectivity index (χ1) is 15.1. The van der Waals surface area contributed by atoms with Crippen LogP contribution in [0.4, 0.5) is 0 Å². The average Bonchev–Trinajstić information content (AvgIpc) is 3.35. The van der Waals surface area contributed by atoms with E-state index in [1.54, 1.807) is 24.6 Å². The van der Waals surface area contributed by atoms with Gasteiger partial charge in [0, 0.05) is 29.9 Å². The van der Waals surface area contributed by atoms with Crippen molar-refractivity contribution in [3.8, 4) is 5.88 Å². The third kappa shape index (κ3) is 4.37. The highest BCUT2D eigenvalue weighted by atomic mass is 32.1. The summed E-state index contributed by atoms with van der Waals surface area (Å²) in [6, 6.07) is 0.664. The molecule has 3 heterocycles. The van der Waals surface area contributed by atoms with Crippen LogP contribution in [0.5, 0.6) is 5.88 Å². The van der Waals surface area contributed by atoms with E-state index in [0.29, 0.717) is 12.0 Å². The van der Waals surface area contributed by atoms with Crippen LogP contribution in [0, 0.1) is 5.92 Å². The van der Waals surface area contributed by atoms with Crippen LogP contribution < -0.4 is 4.74 Å².